The highest BCUT2D eigenvalue weighted by atomic mass is 32.1. The van der Waals surface area contributed by atoms with Crippen LogP contribution in [-0.4, -0.2) is 34.8 Å². The summed E-state index contributed by atoms with van der Waals surface area (Å²) in [6, 6.07) is 6.41. The Morgan fingerprint density at radius 2 is 2.04 bits per heavy atom. The van der Waals surface area contributed by atoms with Gasteiger partial charge in [-0.1, -0.05) is 6.07 Å². The average molecular weight is 433 g/mol. The molecule has 0 aromatic carbocycles. The minimum Gasteiger partial charge on any atom is -0.282 e. The van der Waals surface area contributed by atoms with Gasteiger partial charge in [0.05, 0.1) is 19.0 Å². The molecule has 9 heteroatoms. The zero-order valence-corrected chi connectivity index (χ0v) is 17.8. The van der Waals surface area contributed by atoms with Crippen molar-refractivity contribution in [3.63, 3.8) is 0 Å². The van der Waals surface area contributed by atoms with Gasteiger partial charge >= 0.3 is 0 Å². The summed E-state index contributed by atoms with van der Waals surface area (Å²) in [7, 11) is 0. The SMILES string of the molecule is Cc1csc(CC(=O)NNC(=O)CN2CCc3sccc3[C@@H]2c2cccs2)n1. The number of nitrogens with one attached hydrogen (secondary N) is 2. The largest absolute Gasteiger partial charge is 0.282 e. The van der Waals surface area contributed by atoms with E-state index in [2.05, 4.69) is 43.6 Å². The van der Waals surface area contributed by atoms with Crippen molar-refractivity contribution >= 4 is 45.8 Å². The molecule has 3 aromatic rings. The number of rotatable bonds is 5. The highest BCUT2D eigenvalue weighted by Crippen LogP contribution is 2.39. The first-order valence-corrected chi connectivity index (χ1v) is 11.6. The molecule has 146 valence electrons. The Labute approximate surface area is 175 Å². The number of hydrogen-bond donors (Lipinski definition) is 2. The zero-order valence-electron chi connectivity index (χ0n) is 15.3. The number of thiazole rings is 1. The highest BCUT2D eigenvalue weighted by Gasteiger charge is 2.31. The van der Waals surface area contributed by atoms with Crippen molar-refractivity contribution in [3.8, 4) is 0 Å². The van der Waals surface area contributed by atoms with E-state index in [4.69, 9.17) is 0 Å². The fourth-order valence-electron chi connectivity index (χ4n) is 3.35. The molecule has 1 atom stereocenters. The van der Waals surface area contributed by atoms with Crippen molar-refractivity contribution < 1.29 is 9.59 Å². The van der Waals surface area contributed by atoms with Crippen LogP contribution in [0.2, 0.25) is 0 Å². The van der Waals surface area contributed by atoms with Gasteiger partial charge in [-0.2, -0.15) is 0 Å². The molecule has 4 rings (SSSR count). The fourth-order valence-corrected chi connectivity index (χ4v) is 5.90. The monoisotopic (exact) mass is 432 g/mol. The smallest absolute Gasteiger partial charge is 0.252 e. The number of fused-ring (bicyclic) bond motifs is 1. The Morgan fingerprint density at radius 1 is 1.18 bits per heavy atom. The van der Waals surface area contributed by atoms with Crippen LogP contribution in [0.5, 0.6) is 0 Å². The first kappa shape index (κ1) is 19.3. The molecule has 6 nitrogen and oxygen atoms in total. The second-order valence-corrected chi connectivity index (χ2v) is 9.52. The Balaban J connectivity index is 1.36. The average Bonchev–Trinajstić information content (AvgIpc) is 3.42. The number of nitrogens with zero attached hydrogens (tertiary/aromatic N) is 2. The molecule has 3 aromatic heterocycles. The summed E-state index contributed by atoms with van der Waals surface area (Å²) in [5.41, 5.74) is 7.23. The van der Waals surface area contributed by atoms with Crippen LogP contribution in [0.1, 0.15) is 32.1 Å². The molecule has 0 saturated carbocycles. The molecule has 0 aliphatic carbocycles. The van der Waals surface area contributed by atoms with Gasteiger partial charge in [0, 0.05) is 27.4 Å². The highest BCUT2D eigenvalue weighted by molar-refractivity contribution is 7.10. The lowest BCUT2D eigenvalue weighted by Gasteiger charge is -2.34. The van der Waals surface area contributed by atoms with Crippen LogP contribution >= 0.6 is 34.0 Å². The number of carbonyl (C=O) groups is 2. The molecule has 0 saturated heterocycles. The Bertz CT molecular complexity index is 964. The summed E-state index contributed by atoms with van der Waals surface area (Å²) in [4.78, 5) is 33.6. The Morgan fingerprint density at radius 3 is 2.79 bits per heavy atom. The molecule has 1 aliphatic heterocycles. The number of hydrogen-bond acceptors (Lipinski definition) is 7. The van der Waals surface area contributed by atoms with Crippen molar-refractivity contribution in [1.82, 2.24) is 20.7 Å². The maximum absolute atomic E-state index is 12.5. The third-order valence-corrected chi connectivity index (χ3v) is 7.43. The van der Waals surface area contributed by atoms with Gasteiger partial charge in [0.2, 0.25) is 5.91 Å². The second kappa shape index (κ2) is 8.52. The molecule has 1 aliphatic rings. The van der Waals surface area contributed by atoms with Gasteiger partial charge in [-0.05, 0) is 41.8 Å². The third kappa shape index (κ3) is 4.33. The van der Waals surface area contributed by atoms with Gasteiger partial charge in [-0.15, -0.1) is 34.0 Å². The quantitative estimate of drug-likeness (QED) is 0.608. The van der Waals surface area contributed by atoms with Crippen LogP contribution in [-0.2, 0) is 22.4 Å². The zero-order chi connectivity index (χ0) is 19.5. The summed E-state index contributed by atoms with van der Waals surface area (Å²) >= 11 is 4.93. The van der Waals surface area contributed by atoms with Crippen molar-refractivity contribution in [2.45, 2.75) is 25.8 Å². The summed E-state index contributed by atoms with van der Waals surface area (Å²) < 4.78 is 0. The molecule has 0 radical (unpaired) electrons. The Hall–Kier alpha value is -2.07. The van der Waals surface area contributed by atoms with Crippen molar-refractivity contribution in [1.29, 1.82) is 0 Å². The van der Waals surface area contributed by atoms with Gasteiger partial charge in [0.25, 0.3) is 5.91 Å². The lowest BCUT2D eigenvalue weighted by molar-refractivity contribution is -0.129. The van der Waals surface area contributed by atoms with Crippen molar-refractivity contribution in [3.05, 3.63) is 60.4 Å². The van der Waals surface area contributed by atoms with E-state index in [0.29, 0.717) is 0 Å². The number of hydrazine groups is 1. The first-order valence-electron chi connectivity index (χ1n) is 8.92. The lowest BCUT2D eigenvalue weighted by Crippen LogP contribution is -2.48. The summed E-state index contributed by atoms with van der Waals surface area (Å²) in [5, 5.41) is 6.83. The van der Waals surface area contributed by atoms with Crippen molar-refractivity contribution in [2.75, 3.05) is 13.1 Å². The number of thiophene rings is 2. The molecule has 2 N–H and O–H groups in total. The van der Waals surface area contributed by atoms with E-state index in [0.717, 1.165) is 23.7 Å². The maximum Gasteiger partial charge on any atom is 0.252 e. The van der Waals surface area contributed by atoms with E-state index in [1.807, 2.05) is 18.4 Å². The number of amides is 2. The van der Waals surface area contributed by atoms with Crippen LogP contribution in [0.3, 0.4) is 0 Å². The molecule has 28 heavy (non-hydrogen) atoms. The minimum atomic E-state index is -0.267. The van der Waals surface area contributed by atoms with Gasteiger partial charge in [0.1, 0.15) is 5.01 Å². The summed E-state index contributed by atoms with van der Waals surface area (Å²) in [6.07, 6.45) is 1.11. The van der Waals surface area contributed by atoms with E-state index >= 15 is 0 Å². The van der Waals surface area contributed by atoms with Crippen LogP contribution in [0, 0.1) is 6.92 Å². The third-order valence-electron chi connectivity index (χ3n) is 4.54. The van der Waals surface area contributed by atoms with E-state index in [9.17, 15) is 9.59 Å². The molecule has 0 spiro atoms. The first-order chi connectivity index (χ1) is 13.6. The summed E-state index contributed by atoms with van der Waals surface area (Å²) in [6.45, 7) is 2.94. The second-order valence-electron chi connectivity index (χ2n) is 6.59. The summed E-state index contributed by atoms with van der Waals surface area (Å²) in [5.74, 6) is -0.486. The number of carbonyl (C=O) groups excluding carboxylic acids is 2. The van der Waals surface area contributed by atoms with Crippen LogP contribution in [0.4, 0.5) is 0 Å². The van der Waals surface area contributed by atoms with Crippen LogP contribution in [0.15, 0.2) is 34.3 Å². The van der Waals surface area contributed by atoms with E-state index in [1.54, 1.807) is 22.7 Å². The minimum absolute atomic E-state index is 0.0924. The lowest BCUT2D eigenvalue weighted by atomic mass is 9.98. The Kier molecular flexibility index (Phi) is 5.86. The molecule has 0 bridgehead atoms. The van der Waals surface area contributed by atoms with Gasteiger partial charge < -0.3 is 0 Å². The number of aromatic nitrogens is 1. The van der Waals surface area contributed by atoms with E-state index in [-0.39, 0.29) is 30.8 Å². The van der Waals surface area contributed by atoms with E-state index < -0.39 is 0 Å². The molecule has 2 amide bonds. The predicted octanol–water partition coefficient (Wildman–Crippen LogP) is 2.91. The van der Waals surface area contributed by atoms with Crippen LogP contribution < -0.4 is 10.9 Å². The number of aryl methyl sites for hydroxylation is 1. The molecular formula is C19H20N4O2S3. The standard InChI is InChI=1S/C19H20N4O2S3/c1-12-11-28-18(20-12)9-16(24)21-22-17(25)10-23-6-4-14-13(5-8-27-14)19(23)15-3-2-7-26-15/h2-3,5,7-8,11,19H,4,6,9-10H2,1H3,(H,21,24)(H,22,25)/t19-/m1/s1. The van der Waals surface area contributed by atoms with E-state index in [1.165, 1.54) is 26.7 Å². The van der Waals surface area contributed by atoms with Crippen molar-refractivity contribution in [2.24, 2.45) is 0 Å². The maximum atomic E-state index is 12.5. The normalized spacial score (nSPS) is 16.5. The predicted molar refractivity (Wildman–Crippen MR) is 113 cm³/mol. The fraction of sp³-hybridized carbons (Fsp3) is 0.316. The van der Waals surface area contributed by atoms with Gasteiger partial charge in [0.15, 0.2) is 0 Å². The molecule has 4 heterocycles. The molecule has 0 unspecified atom stereocenters. The van der Waals surface area contributed by atoms with Gasteiger partial charge in [-0.3, -0.25) is 25.3 Å². The molecule has 0 fully saturated rings. The molecular weight excluding hydrogens is 412 g/mol. The van der Waals surface area contributed by atoms with Gasteiger partial charge in [-0.25, -0.2) is 4.98 Å². The van der Waals surface area contributed by atoms with Crippen LogP contribution in [0.25, 0.3) is 0 Å². The topological polar surface area (TPSA) is 74.3 Å².